The Hall–Kier alpha value is -2.73. The minimum Gasteiger partial charge on any atom is -0.454 e. The van der Waals surface area contributed by atoms with Crippen molar-refractivity contribution in [3.8, 4) is 11.5 Å². The second kappa shape index (κ2) is 7.44. The van der Waals surface area contributed by atoms with Gasteiger partial charge in [0.1, 0.15) is 0 Å². The van der Waals surface area contributed by atoms with Crippen molar-refractivity contribution >= 4 is 29.1 Å². The molecule has 2 N–H and O–H groups in total. The van der Waals surface area contributed by atoms with Crippen LogP contribution in [0.25, 0.3) is 0 Å². The number of nitrogens with one attached hydrogen (secondary N) is 2. The predicted octanol–water partition coefficient (Wildman–Crippen LogP) is 2.67. The van der Waals surface area contributed by atoms with Crippen LogP contribution in [0.2, 0.25) is 5.02 Å². The molecule has 0 saturated carbocycles. The Morgan fingerprint density at radius 3 is 2.72 bits per heavy atom. The zero-order valence-corrected chi connectivity index (χ0v) is 14.4. The van der Waals surface area contributed by atoms with Gasteiger partial charge in [-0.25, -0.2) is 0 Å². The highest BCUT2D eigenvalue weighted by molar-refractivity contribution is 6.40. The summed E-state index contributed by atoms with van der Waals surface area (Å²) in [6.45, 7) is 2.38. The summed E-state index contributed by atoms with van der Waals surface area (Å²) in [5, 5.41) is 5.65. The lowest BCUT2D eigenvalue weighted by atomic mass is 10.1. The summed E-state index contributed by atoms with van der Waals surface area (Å²) < 4.78 is 10.6. The van der Waals surface area contributed by atoms with Crippen LogP contribution in [0.5, 0.6) is 11.5 Å². The Bertz CT molecular complexity index is 823. The monoisotopic (exact) mass is 360 g/mol. The van der Waals surface area contributed by atoms with Crippen molar-refractivity contribution in [3.05, 3.63) is 52.5 Å². The molecule has 130 valence electrons. The molecule has 2 amide bonds. The van der Waals surface area contributed by atoms with Gasteiger partial charge in [-0.2, -0.15) is 0 Å². The van der Waals surface area contributed by atoms with Crippen LogP contribution in [0.1, 0.15) is 11.1 Å². The summed E-state index contributed by atoms with van der Waals surface area (Å²) >= 11 is 5.90. The maximum absolute atomic E-state index is 12.0. The molecule has 1 aliphatic heterocycles. The average molecular weight is 361 g/mol. The molecule has 0 atom stereocenters. The molecular weight excluding hydrogens is 344 g/mol. The quantitative estimate of drug-likeness (QED) is 0.822. The Kier molecular flexibility index (Phi) is 5.09. The van der Waals surface area contributed by atoms with E-state index in [2.05, 4.69) is 10.6 Å². The van der Waals surface area contributed by atoms with E-state index in [1.165, 1.54) is 0 Å². The maximum Gasteiger partial charge on any atom is 0.313 e. The van der Waals surface area contributed by atoms with Crippen LogP contribution in [0.15, 0.2) is 36.4 Å². The first kappa shape index (κ1) is 17.1. The van der Waals surface area contributed by atoms with Crippen molar-refractivity contribution in [2.75, 3.05) is 18.7 Å². The van der Waals surface area contributed by atoms with Gasteiger partial charge in [0.05, 0.1) is 0 Å². The lowest BCUT2D eigenvalue weighted by Gasteiger charge is -2.09. The molecule has 0 spiro atoms. The second-order valence-electron chi connectivity index (χ2n) is 5.61. The van der Waals surface area contributed by atoms with Gasteiger partial charge in [-0.3, -0.25) is 9.59 Å². The van der Waals surface area contributed by atoms with Crippen LogP contribution in [0.4, 0.5) is 5.69 Å². The van der Waals surface area contributed by atoms with Crippen molar-refractivity contribution in [2.45, 2.75) is 13.3 Å². The molecule has 2 aromatic carbocycles. The van der Waals surface area contributed by atoms with Gasteiger partial charge in [0, 0.05) is 17.3 Å². The Morgan fingerprint density at radius 2 is 1.88 bits per heavy atom. The Balaban J connectivity index is 1.50. The number of carbonyl (C=O) groups excluding carboxylic acids is 2. The number of benzene rings is 2. The molecule has 25 heavy (non-hydrogen) atoms. The number of hydrogen-bond donors (Lipinski definition) is 2. The minimum atomic E-state index is -0.726. The number of anilines is 1. The molecule has 0 bridgehead atoms. The topological polar surface area (TPSA) is 76.7 Å². The molecule has 6 nitrogen and oxygen atoms in total. The Labute approximate surface area is 150 Å². The first-order valence-electron chi connectivity index (χ1n) is 7.77. The fourth-order valence-electron chi connectivity index (χ4n) is 2.41. The minimum absolute atomic E-state index is 0.221. The summed E-state index contributed by atoms with van der Waals surface area (Å²) in [7, 11) is 0. The van der Waals surface area contributed by atoms with Crippen LogP contribution in [-0.2, 0) is 16.0 Å². The number of halogens is 1. The van der Waals surface area contributed by atoms with E-state index >= 15 is 0 Å². The zero-order chi connectivity index (χ0) is 17.8. The predicted molar refractivity (Wildman–Crippen MR) is 94.1 cm³/mol. The van der Waals surface area contributed by atoms with Crippen molar-refractivity contribution in [1.29, 1.82) is 0 Å². The highest BCUT2D eigenvalue weighted by Gasteiger charge is 2.16. The van der Waals surface area contributed by atoms with Gasteiger partial charge in [-0.15, -0.1) is 0 Å². The van der Waals surface area contributed by atoms with E-state index in [1.54, 1.807) is 18.2 Å². The van der Waals surface area contributed by atoms with Gasteiger partial charge in [0.2, 0.25) is 6.79 Å². The SMILES string of the molecule is Cc1ccc(Cl)cc1NC(=O)C(=O)NCCc1ccc2c(c1)OCO2. The summed E-state index contributed by atoms with van der Waals surface area (Å²) in [6, 6.07) is 10.7. The van der Waals surface area contributed by atoms with E-state index in [-0.39, 0.29) is 6.79 Å². The van der Waals surface area contributed by atoms with Crippen LogP contribution in [0.3, 0.4) is 0 Å². The van der Waals surface area contributed by atoms with Crippen LogP contribution in [0, 0.1) is 6.92 Å². The highest BCUT2D eigenvalue weighted by Crippen LogP contribution is 2.32. The van der Waals surface area contributed by atoms with Crippen molar-refractivity contribution in [3.63, 3.8) is 0 Å². The summed E-state index contributed by atoms with van der Waals surface area (Å²) in [4.78, 5) is 23.9. The fraction of sp³-hybridized carbons (Fsp3) is 0.222. The van der Waals surface area contributed by atoms with Gasteiger partial charge < -0.3 is 20.1 Å². The van der Waals surface area contributed by atoms with Gasteiger partial charge >= 0.3 is 11.8 Å². The van der Waals surface area contributed by atoms with Gasteiger partial charge in [-0.1, -0.05) is 23.7 Å². The highest BCUT2D eigenvalue weighted by atomic mass is 35.5. The van der Waals surface area contributed by atoms with Crippen molar-refractivity contribution in [1.82, 2.24) is 5.32 Å². The molecule has 0 saturated heterocycles. The van der Waals surface area contributed by atoms with E-state index < -0.39 is 11.8 Å². The molecule has 0 aliphatic carbocycles. The Morgan fingerprint density at radius 1 is 1.08 bits per heavy atom. The number of amides is 2. The molecule has 0 radical (unpaired) electrons. The molecule has 3 rings (SSSR count). The van der Waals surface area contributed by atoms with E-state index in [0.29, 0.717) is 35.2 Å². The van der Waals surface area contributed by atoms with Gasteiger partial charge in [0.25, 0.3) is 0 Å². The number of ether oxygens (including phenoxy) is 2. The van der Waals surface area contributed by atoms with E-state index in [4.69, 9.17) is 21.1 Å². The number of rotatable bonds is 4. The third-order valence-corrected chi connectivity index (χ3v) is 4.03. The zero-order valence-electron chi connectivity index (χ0n) is 13.6. The molecule has 1 aliphatic rings. The third kappa shape index (κ3) is 4.22. The van der Waals surface area contributed by atoms with Crippen molar-refractivity contribution in [2.24, 2.45) is 0 Å². The number of hydrogen-bond acceptors (Lipinski definition) is 4. The lowest BCUT2D eigenvalue weighted by Crippen LogP contribution is -2.36. The maximum atomic E-state index is 12.0. The molecule has 1 heterocycles. The average Bonchev–Trinajstić information content (AvgIpc) is 3.05. The normalized spacial score (nSPS) is 11.9. The summed E-state index contributed by atoms with van der Waals surface area (Å²) in [5.74, 6) is -0.0155. The summed E-state index contributed by atoms with van der Waals surface area (Å²) in [6.07, 6.45) is 0.575. The third-order valence-electron chi connectivity index (χ3n) is 3.79. The molecule has 2 aromatic rings. The van der Waals surface area contributed by atoms with Gasteiger partial charge in [0.15, 0.2) is 11.5 Å². The molecule has 7 heteroatoms. The van der Waals surface area contributed by atoms with E-state index in [1.807, 2.05) is 25.1 Å². The smallest absolute Gasteiger partial charge is 0.313 e. The largest absolute Gasteiger partial charge is 0.454 e. The van der Waals surface area contributed by atoms with Gasteiger partial charge in [-0.05, 0) is 48.7 Å². The molecule has 0 unspecified atom stereocenters. The van der Waals surface area contributed by atoms with Crippen molar-refractivity contribution < 1.29 is 19.1 Å². The number of aryl methyl sites for hydroxylation is 1. The second-order valence-corrected chi connectivity index (χ2v) is 6.04. The van der Waals surface area contributed by atoms with E-state index in [9.17, 15) is 9.59 Å². The first-order chi connectivity index (χ1) is 12.0. The van der Waals surface area contributed by atoms with Crippen LogP contribution in [-0.4, -0.2) is 25.2 Å². The van der Waals surface area contributed by atoms with E-state index in [0.717, 1.165) is 11.1 Å². The first-order valence-corrected chi connectivity index (χ1v) is 8.14. The summed E-state index contributed by atoms with van der Waals surface area (Å²) in [5.41, 5.74) is 2.32. The lowest BCUT2D eigenvalue weighted by molar-refractivity contribution is -0.136. The molecular formula is C18H17ClN2O4. The molecule has 0 aromatic heterocycles. The number of carbonyl (C=O) groups is 2. The molecule has 0 fully saturated rings. The standard InChI is InChI=1S/C18H17ClN2O4/c1-11-2-4-13(19)9-14(11)21-18(23)17(22)20-7-6-12-3-5-15-16(8-12)25-10-24-15/h2-5,8-9H,6-7,10H2,1H3,(H,20,22)(H,21,23). The van der Waals surface area contributed by atoms with Crippen LogP contribution < -0.4 is 20.1 Å². The fourth-order valence-corrected chi connectivity index (χ4v) is 2.58. The number of fused-ring (bicyclic) bond motifs is 1. The van der Waals surface area contributed by atoms with Crippen LogP contribution >= 0.6 is 11.6 Å².